The Morgan fingerprint density at radius 2 is 1.81 bits per heavy atom. The maximum Gasteiger partial charge on any atom is 0.253 e. The Hall–Kier alpha value is -0.420. The fourth-order valence-corrected chi connectivity index (χ4v) is 2.29. The molecule has 0 saturated carbocycles. The van der Waals surface area contributed by atoms with Gasteiger partial charge in [-0.1, -0.05) is 20.8 Å². The fraction of sp³-hybridized carbons (Fsp3) is 0.909. The number of hydrogen-bond donors (Lipinski definition) is 0. The van der Waals surface area contributed by atoms with E-state index < -0.39 is 9.73 Å². The molecule has 0 aromatic heterocycles. The third-order valence-corrected chi connectivity index (χ3v) is 3.36. The smallest absolute Gasteiger partial charge is 0.253 e. The summed E-state index contributed by atoms with van der Waals surface area (Å²) < 4.78 is 15.4. The summed E-state index contributed by atoms with van der Waals surface area (Å²) in [6.07, 6.45) is 2.69. The molecule has 4 nitrogen and oxygen atoms in total. The van der Waals surface area contributed by atoms with E-state index >= 15 is 0 Å². The van der Waals surface area contributed by atoms with Crippen molar-refractivity contribution in [3.8, 4) is 0 Å². The number of hydrogen-bond acceptors (Lipinski definition) is 3. The van der Waals surface area contributed by atoms with Gasteiger partial charge in [-0.05, 0) is 27.1 Å². The molecule has 0 rings (SSSR count). The van der Waals surface area contributed by atoms with Gasteiger partial charge in [-0.15, -0.1) is 0 Å². The maximum absolute atomic E-state index is 11.7. The molecule has 0 spiro atoms. The van der Waals surface area contributed by atoms with Gasteiger partial charge < -0.3 is 4.90 Å². The van der Waals surface area contributed by atoms with Gasteiger partial charge in [0, 0.05) is 18.4 Å². The first-order valence-corrected chi connectivity index (χ1v) is 7.84. The van der Waals surface area contributed by atoms with E-state index in [1.807, 2.05) is 32.8 Å². The van der Waals surface area contributed by atoms with Gasteiger partial charge in [0.2, 0.25) is 0 Å². The van der Waals surface area contributed by atoms with Crippen molar-refractivity contribution < 1.29 is 9.00 Å². The molecule has 1 atom stereocenters. The van der Waals surface area contributed by atoms with E-state index in [0.29, 0.717) is 12.2 Å². The van der Waals surface area contributed by atoms with Crippen molar-refractivity contribution in [2.45, 2.75) is 33.6 Å². The van der Waals surface area contributed by atoms with Gasteiger partial charge in [-0.25, -0.2) is 4.21 Å². The monoisotopic (exact) mass is 250 g/mol. The molecule has 0 N–H and O–H groups in total. The van der Waals surface area contributed by atoms with Crippen molar-refractivity contribution in [2.75, 3.05) is 32.6 Å². The van der Waals surface area contributed by atoms with Gasteiger partial charge in [-0.3, -0.25) is 4.79 Å². The molecule has 0 saturated heterocycles. The lowest BCUT2D eigenvalue weighted by Crippen LogP contribution is -2.17. The fourth-order valence-electron chi connectivity index (χ4n) is 0.974. The Morgan fingerprint density at radius 1 is 1.31 bits per heavy atom. The third-order valence-electron chi connectivity index (χ3n) is 1.73. The molecule has 16 heavy (non-hydrogen) atoms. The summed E-state index contributed by atoms with van der Waals surface area (Å²) in [5.41, 5.74) is 0. The second-order valence-corrected chi connectivity index (χ2v) is 6.17. The van der Waals surface area contributed by atoms with E-state index in [1.165, 1.54) is 0 Å². The molecule has 5 heteroatoms. The van der Waals surface area contributed by atoms with Crippen molar-refractivity contribution in [1.82, 2.24) is 4.90 Å². The predicted octanol–water partition coefficient (Wildman–Crippen LogP) is 2.00. The Labute approximate surface area is 101 Å². The first-order valence-electron chi connectivity index (χ1n) is 5.75. The van der Waals surface area contributed by atoms with Crippen LogP contribution in [0, 0.1) is 0 Å². The molecule has 0 radical (unpaired) electrons. The molecular weight excluding hydrogens is 224 g/mol. The first kappa shape index (κ1) is 18.0. The van der Waals surface area contributed by atoms with E-state index in [1.54, 1.807) is 13.2 Å². The minimum atomic E-state index is -2.29. The quantitative estimate of drug-likeness (QED) is 0.750. The highest BCUT2D eigenvalue weighted by atomic mass is 32.2. The van der Waals surface area contributed by atoms with Crippen molar-refractivity contribution in [2.24, 2.45) is 4.36 Å². The summed E-state index contributed by atoms with van der Waals surface area (Å²) in [4.78, 5) is 13.0. The molecule has 0 bridgehead atoms. The molecule has 1 unspecified atom stereocenters. The highest BCUT2D eigenvalue weighted by Gasteiger charge is 2.04. The zero-order chi connectivity index (χ0) is 13.2. The summed E-state index contributed by atoms with van der Waals surface area (Å²) in [6, 6.07) is 0. The maximum atomic E-state index is 11.7. The molecule has 0 aromatic carbocycles. The van der Waals surface area contributed by atoms with Gasteiger partial charge in [0.1, 0.15) is 0 Å². The summed E-state index contributed by atoms with van der Waals surface area (Å²) in [5.74, 6) is 0.235. The third kappa shape index (κ3) is 11.7. The van der Waals surface area contributed by atoms with Gasteiger partial charge >= 0.3 is 0 Å². The summed E-state index contributed by atoms with van der Waals surface area (Å²) in [5, 5.41) is 0. The Bertz CT molecular complexity index is 292. The van der Waals surface area contributed by atoms with Crippen LogP contribution in [0.25, 0.3) is 0 Å². The standard InChI is InChI=1S/C9H20N2O2S.C2H6/c1-5-9(12)10-14(4,13)8-6-7-11(2)3;1-2/h5-8H2,1-4H3;1-2H3. The van der Waals surface area contributed by atoms with Gasteiger partial charge in [0.05, 0.1) is 9.73 Å². The lowest BCUT2D eigenvalue weighted by Gasteiger charge is -2.09. The minimum absolute atomic E-state index is 0.262. The van der Waals surface area contributed by atoms with E-state index in [0.717, 1.165) is 13.0 Å². The Morgan fingerprint density at radius 3 is 2.19 bits per heavy atom. The van der Waals surface area contributed by atoms with Crippen LogP contribution in [0.5, 0.6) is 0 Å². The van der Waals surface area contributed by atoms with Crippen LogP contribution >= 0.6 is 0 Å². The lowest BCUT2D eigenvalue weighted by atomic mass is 10.5. The highest BCUT2D eigenvalue weighted by Crippen LogP contribution is 1.98. The van der Waals surface area contributed by atoms with Crippen LogP contribution in [0.15, 0.2) is 4.36 Å². The molecule has 0 aromatic rings. The minimum Gasteiger partial charge on any atom is -0.309 e. The molecule has 0 aliphatic heterocycles. The Balaban J connectivity index is 0. The number of amides is 1. The predicted molar refractivity (Wildman–Crippen MR) is 71.2 cm³/mol. The zero-order valence-corrected chi connectivity index (χ0v) is 12.3. The molecule has 1 amide bonds. The highest BCUT2D eigenvalue weighted by molar-refractivity contribution is 7.93. The first-order chi connectivity index (χ1) is 7.37. The molecule has 0 aliphatic carbocycles. The van der Waals surface area contributed by atoms with Crippen molar-refractivity contribution in [3.63, 3.8) is 0 Å². The van der Waals surface area contributed by atoms with Gasteiger partial charge in [0.15, 0.2) is 0 Å². The molecular formula is C11H26N2O2S. The van der Waals surface area contributed by atoms with E-state index in [2.05, 4.69) is 4.36 Å². The second-order valence-electron chi connectivity index (χ2n) is 3.66. The van der Waals surface area contributed by atoms with Crippen LogP contribution in [-0.4, -0.2) is 47.7 Å². The SMILES string of the molecule is CC.CCC(=O)N=S(C)(=O)CCCN(C)C. The number of nitrogens with zero attached hydrogens (tertiary/aromatic N) is 2. The topological polar surface area (TPSA) is 49.7 Å². The van der Waals surface area contributed by atoms with E-state index in [4.69, 9.17) is 0 Å². The largest absolute Gasteiger partial charge is 0.309 e. The van der Waals surface area contributed by atoms with E-state index in [9.17, 15) is 9.00 Å². The van der Waals surface area contributed by atoms with Gasteiger partial charge in [0.25, 0.3) is 5.91 Å². The van der Waals surface area contributed by atoms with E-state index in [-0.39, 0.29) is 5.91 Å². The number of carbonyl (C=O) groups is 1. The Kier molecular flexibility index (Phi) is 11.0. The molecule has 0 fully saturated rings. The molecule has 0 heterocycles. The lowest BCUT2D eigenvalue weighted by molar-refractivity contribution is -0.117. The summed E-state index contributed by atoms with van der Waals surface area (Å²) in [6.45, 7) is 6.60. The van der Waals surface area contributed by atoms with Crippen molar-refractivity contribution >= 4 is 15.6 Å². The van der Waals surface area contributed by atoms with Crippen LogP contribution in [0.3, 0.4) is 0 Å². The van der Waals surface area contributed by atoms with Gasteiger partial charge in [-0.2, -0.15) is 4.36 Å². The summed E-state index contributed by atoms with van der Waals surface area (Å²) in [7, 11) is 1.64. The number of carbonyl (C=O) groups excluding carboxylic acids is 1. The average Bonchev–Trinajstić information content (AvgIpc) is 2.19. The normalized spacial score (nSPS) is 13.7. The zero-order valence-electron chi connectivity index (χ0n) is 11.4. The second kappa shape index (κ2) is 9.78. The molecule has 98 valence electrons. The summed E-state index contributed by atoms with van der Waals surface area (Å²) >= 11 is 0. The van der Waals surface area contributed by atoms with Crippen LogP contribution in [0.4, 0.5) is 0 Å². The molecule has 0 aliphatic rings. The van der Waals surface area contributed by atoms with Crippen LogP contribution in [-0.2, 0) is 14.5 Å². The average molecular weight is 250 g/mol. The van der Waals surface area contributed by atoms with Crippen LogP contribution in [0.1, 0.15) is 33.6 Å². The van der Waals surface area contributed by atoms with Crippen LogP contribution < -0.4 is 0 Å². The van der Waals surface area contributed by atoms with Crippen molar-refractivity contribution in [3.05, 3.63) is 0 Å². The van der Waals surface area contributed by atoms with Crippen molar-refractivity contribution in [1.29, 1.82) is 0 Å². The number of rotatable bonds is 5. The van der Waals surface area contributed by atoms with Crippen LogP contribution in [0.2, 0.25) is 0 Å².